The minimum Gasteiger partial charge on any atom is -0.462 e. The fraction of sp³-hybridized carbons (Fsp3) is 0.286. The highest BCUT2D eigenvalue weighted by Crippen LogP contribution is 2.20. The molecule has 5 heteroatoms. The molecule has 0 unspecified atom stereocenters. The number of esters is 1. The summed E-state index contributed by atoms with van der Waals surface area (Å²) in [6, 6.07) is 5.21. The summed E-state index contributed by atoms with van der Waals surface area (Å²) < 4.78 is 6.93. The first-order valence-electron chi connectivity index (χ1n) is 6.05. The largest absolute Gasteiger partial charge is 0.462 e. The second-order valence-corrected chi connectivity index (χ2v) is 4.54. The Bertz CT molecular complexity index is 593. The molecule has 0 saturated carbocycles. The first kappa shape index (κ1) is 13.6. The lowest BCUT2D eigenvalue weighted by atomic mass is 10.1. The van der Waals surface area contributed by atoms with Crippen LogP contribution in [-0.2, 0) is 11.3 Å². The molecule has 2 rings (SSSR count). The summed E-state index contributed by atoms with van der Waals surface area (Å²) in [4.78, 5) is 15.7. The number of imidazole rings is 1. The van der Waals surface area contributed by atoms with E-state index in [1.807, 2.05) is 23.8 Å². The summed E-state index contributed by atoms with van der Waals surface area (Å²) in [5.74, 6) is 0.570. The van der Waals surface area contributed by atoms with E-state index in [0.717, 1.165) is 11.4 Å². The Kier molecular flexibility index (Phi) is 4.22. The van der Waals surface area contributed by atoms with Crippen LogP contribution in [0.2, 0.25) is 5.02 Å². The van der Waals surface area contributed by atoms with E-state index in [1.54, 1.807) is 25.3 Å². The average molecular weight is 279 g/mol. The van der Waals surface area contributed by atoms with Gasteiger partial charge in [-0.05, 0) is 31.5 Å². The average Bonchev–Trinajstić information content (AvgIpc) is 2.78. The molecule has 0 radical (unpaired) electrons. The van der Waals surface area contributed by atoms with Crippen molar-refractivity contribution >= 4 is 17.6 Å². The molecule has 0 bridgehead atoms. The van der Waals surface area contributed by atoms with E-state index in [-0.39, 0.29) is 5.97 Å². The van der Waals surface area contributed by atoms with Gasteiger partial charge in [0.1, 0.15) is 5.82 Å². The molecule has 2 aromatic rings. The van der Waals surface area contributed by atoms with Crippen LogP contribution in [0.25, 0.3) is 0 Å². The quantitative estimate of drug-likeness (QED) is 0.808. The zero-order valence-corrected chi connectivity index (χ0v) is 11.6. The van der Waals surface area contributed by atoms with Crippen LogP contribution in [0.1, 0.15) is 28.7 Å². The van der Waals surface area contributed by atoms with Crippen LogP contribution in [-0.4, -0.2) is 22.1 Å². The van der Waals surface area contributed by atoms with Crippen molar-refractivity contribution in [3.63, 3.8) is 0 Å². The molecular formula is C14H15ClN2O2. The van der Waals surface area contributed by atoms with Crippen molar-refractivity contribution in [2.24, 2.45) is 0 Å². The van der Waals surface area contributed by atoms with Gasteiger partial charge in [0.25, 0.3) is 0 Å². The van der Waals surface area contributed by atoms with Gasteiger partial charge in [-0.15, -0.1) is 0 Å². The Morgan fingerprint density at radius 2 is 2.26 bits per heavy atom. The molecule has 0 aliphatic rings. The van der Waals surface area contributed by atoms with Crippen LogP contribution in [0.5, 0.6) is 0 Å². The second-order valence-electron chi connectivity index (χ2n) is 4.13. The zero-order chi connectivity index (χ0) is 13.8. The summed E-state index contributed by atoms with van der Waals surface area (Å²) in [5, 5.41) is 0.554. The third-order valence-corrected chi connectivity index (χ3v) is 3.18. The molecule has 0 spiro atoms. The zero-order valence-electron chi connectivity index (χ0n) is 10.9. The number of benzene rings is 1. The minimum absolute atomic E-state index is 0.352. The van der Waals surface area contributed by atoms with E-state index in [2.05, 4.69) is 4.98 Å². The Morgan fingerprint density at radius 1 is 1.47 bits per heavy atom. The third-order valence-electron chi connectivity index (χ3n) is 2.83. The molecule has 0 saturated heterocycles. The Labute approximate surface area is 117 Å². The van der Waals surface area contributed by atoms with Crippen molar-refractivity contribution in [1.82, 2.24) is 9.55 Å². The summed E-state index contributed by atoms with van der Waals surface area (Å²) in [6.45, 7) is 4.69. The third kappa shape index (κ3) is 3.15. The summed E-state index contributed by atoms with van der Waals surface area (Å²) in [6.07, 6.45) is 3.64. The van der Waals surface area contributed by atoms with Gasteiger partial charge in [-0.1, -0.05) is 17.7 Å². The molecule has 4 nitrogen and oxygen atoms in total. The predicted octanol–water partition coefficient (Wildman–Crippen LogP) is 3.07. The smallest absolute Gasteiger partial charge is 0.338 e. The van der Waals surface area contributed by atoms with Crippen LogP contribution in [0.15, 0.2) is 30.6 Å². The fourth-order valence-corrected chi connectivity index (χ4v) is 2.01. The number of nitrogens with zero attached hydrogens (tertiary/aromatic N) is 2. The van der Waals surface area contributed by atoms with Gasteiger partial charge in [-0.2, -0.15) is 0 Å². The standard InChI is InChI=1S/C14H15ClN2O2/c1-3-19-14(18)11-4-5-12(13(15)8-11)9-17-7-6-16-10(17)2/h4-8H,3,9H2,1-2H3. The lowest BCUT2D eigenvalue weighted by molar-refractivity contribution is 0.0526. The van der Waals surface area contributed by atoms with E-state index in [9.17, 15) is 4.79 Å². The molecule has 0 aliphatic carbocycles. The van der Waals surface area contributed by atoms with Crippen molar-refractivity contribution in [3.8, 4) is 0 Å². The van der Waals surface area contributed by atoms with Crippen molar-refractivity contribution in [2.75, 3.05) is 6.61 Å². The Morgan fingerprint density at radius 3 is 2.84 bits per heavy atom. The number of ether oxygens (including phenoxy) is 1. The van der Waals surface area contributed by atoms with Gasteiger partial charge in [-0.25, -0.2) is 9.78 Å². The van der Waals surface area contributed by atoms with Crippen LogP contribution in [0, 0.1) is 6.92 Å². The topological polar surface area (TPSA) is 44.1 Å². The SMILES string of the molecule is CCOC(=O)c1ccc(Cn2ccnc2C)c(Cl)c1. The molecule has 0 aliphatic heterocycles. The van der Waals surface area contributed by atoms with Crippen LogP contribution in [0.3, 0.4) is 0 Å². The maximum absolute atomic E-state index is 11.6. The number of aromatic nitrogens is 2. The Balaban J connectivity index is 2.20. The van der Waals surface area contributed by atoms with Crippen molar-refractivity contribution in [3.05, 3.63) is 52.6 Å². The highest BCUT2D eigenvalue weighted by atomic mass is 35.5. The monoisotopic (exact) mass is 278 g/mol. The van der Waals surface area contributed by atoms with Gasteiger partial charge in [0.15, 0.2) is 0 Å². The molecule has 1 aromatic heterocycles. The number of carbonyl (C=O) groups excluding carboxylic acids is 1. The fourth-order valence-electron chi connectivity index (χ4n) is 1.77. The molecule has 1 heterocycles. The molecule has 100 valence electrons. The summed E-state index contributed by atoms with van der Waals surface area (Å²) >= 11 is 6.20. The minimum atomic E-state index is -0.352. The molecule has 0 N–H and O–H groups in total. The second kappa shape index (κ2) is 5.89. The number of rotatable bonds is 4. The van der Waals surface area contributed by atoms with Gasteiger partial charge in [0.2, 0.25) is 0 Å². The molecule has 0 atom stereocenters. The van der Waals surface area contributed by atoms with Crippen molar-refractivity contribution < 1.29 is 9.53 Å². The molecular weight excluding hydrogens is 264 g/mol. The van der Waals surface area contributed by atoms with Crippen LogP contribution >= 0.6 is 11.6 Å². The van der Waals surface area contributed by atoms with Crippen molar-refractivity contribution in [1.29, 1.82) is 0 Å². The molecule has 0 fully saturated rings. The first-order chi connectivity index (χ1) is 9.11. The highest BCUT2D eigenvalue weighted by Gasteiger charge is 2.10. The maximum atomic E-state index is 11.6. The van der Waals surface area contributed by atoms with E-state index in [1.165, 1.54) is 0 Å². The molecule has 19 heavy (non-hydrogen) atoms. The van der Waals surface area contributed by atoms with E-state index in [4.69, 9.17) is 16.3 Å². The molecule has 1 aromatic carbocycles. The predicted molar refractivity (Wildman–Crippen MR) is 73.5 cm³/mol. The van der Waals surface area contributed by atoms with E-state index < -0.39 is 0 Å². The normalized spacial score (nSPS) is 10.5. The number of hydrogen-bond acceptors (Lipinski definition) is 3. The van der Waals surface area contributed by atoms with Gasteiger partial charge in [-0.3, -0.25) is 0 Å². The number of hydrogen-bond donors (Lipinski definition) is 0. The van der Waals surface area contributed by atoms with Gasteiger partial charge >= 0.3 is 5.97 Å². The summed E-state index contributed by atoms with van der Waals surface area (Å²) in [7, 11) is 0. The highest BCUT2D eigenvalue weighted by molar-refractivity contribution is 6.31. The Hall–Kier alpha value is -1.81. The summed E-state index contributed by atoms with van der Waals surface area (Å²) in [5.41, 5.74) is 1.41. The number of aryl methyl sites for hydroxylation is 1. The number of carbonyl (C=O) groups is 1. The van der Waals surface area contributed by atoms with Gasteiger partial charge < -0.3 is 9.30 Å². The van der Waals surface area contributed by atoms with E-state index >= 15 is 0 Å². The van der Waals surface area contributed by atoms with Gasteiger partial charge in [0.05, 0.1) is 18.7 Å². The van der Waals surface area contributed by atoms with Crippen LogP contribution in [0.4, 0.5) is 0 Å². The molecule has 0 amide bonds. The lowest BCUT2D eigenvalue weighted by Crippen LogP contribution is -2.06. The van der Waals surface area contributed by atoms with E-state index in [0.29, 0.717) is 23.7 Å². The maximum Gasteiger partial charge on any atom is 0.338 e. The van der Waals surface area contributed by atoms with Crippen molar-refractivity contribution in [2.45, 2.75) is 20.4 Å². The lowest BCUT2D eigenvalue weighted by Gasteiger charge is -2.09. The van der Waals surface area contributed by atoms with Gasteiger partial charge in [0, 0.05) is 17.4 Å². The number of halogens is 1. The first-order valence-corrected chi connectivity index (χ1v) is 6.43. The van der Waals surface area contributed by atoms with Crippen LogP contribution < -0.4 is 0 Å².